The maximum Gasteiger partial charge on any atom is 0.123 e. The van der Waals surface area contributed by atoms with Crippen LogP contribution in [0.2, 0.25) is 0 Å². The van der Waals surface area contributed by atoms with Gasteiger partial charge in [0.25, 0.3) is 0 Å². The summed E-state index contributed by atoms with van der Waals surface area (Å²) in [6, 6.07) is 15.0. The second-order valence-corrected chi connectivity index (χ2v) is 7.81. The summed E-state index contributed by atoms with van der Waals surface area (Å²) in [4.78, 5) is 6.63. The predicted octanol–water partition coefficient (Wildman–Crippen LogP) is 4.02. The van der Waals surface area contributed by atoms with Gasteiger partial charge in [0.1, 0.15) is 11.6 Å². The SMILES string of the molecule is Cc1nccn1CC1(O)CCN(Cc2ccc(-c3ccc(F)cc3)cc2)CC1. The van der Waals surface area contributed by atoms with Gasteiger partial charge in [0.05, 0.1) is 12.1 Å². The lowest BCUT2D eigenvalue weighted by Gasteiger charge is -2.38. The van der Waals surface area contributed by atoms with Crippen LogP contribution in [0.4, 0.5) is 4.39 Å². The standard InChI is InChI=1S/C23H26FN3O/c1-18-25-12-15-27(18)17-23(28)10-13-26(14-11-23)16-19-2-4-20(5-3-19)21-6-8-22(24)9-7-21/h2-9,12,15,28H,10-11,13-14,16-17H2,1H3. The molecule has 4 nitrogen and oxygen atoms in total. The van der Waals surface area contributed by atoms with E-state index < -0.39 is 5.60 Å². The fourth-order valence-corrected chi connectivity index (χ4v) is 3.88. The highest BCUT2D eigenvalue weighted by atomic mass is 19.1. The molecule has 146 valence electrons. The first-order valence-electron chi connectivity index (χ1n) is 9.78. The van der Waals surface area contributed by atoms with Gasteiger partial charge in [0, 0.05) is 32.0 Å². The Morgan fingerprint density at radius 1 is 1.00 bits per heavy atom. The maximum absolute atomic E-state index is 13.1. The molecule has 0 saturated carbocycles. The molecule has 2 heterocycles. The van der Waals surface area contributed by atoms with Crippen LogP contribution in [-0.4, -0.2) is 38.2 Å². The summed E-state index contributed by atoms with van der Waals surface area (Å²) in [5.74, 6) is 0.728. The van der Waals surface area contributed by atoms with Crippen molar-refractivity contribution in [3.63, 3.8) is 0 Å². The number of hydrogen-bond donors (Lipinski definition) is 1. The van der Waals surface area contributed by atoms with E-state index in [2.05, 4.69) is 34.1 Å². The average molecular weight is 379 g/mol. The van der Waals surface area contributed by atoms with E-state index in [-0.39, 0.29) is 5.82 Å². The van der Waals surface area contributed by atoms with E-state index in [0.29, 0.717) is 6.54 Å². The molecule has 0 atom stereocenters. The van der Waals surface area contributed by atoms with Crippen LogP contribution in [0.1, 0.15) is 24.2 Å². The number of imidazole rings is 1. The van der Waals surface area contributed by atoms with Crippen LogP contribution in [0, 0.1) is 12.7 Å². The highest BCUT2D eigenvalue weighted by Crippen LogP contribution is 2.26. The molecule has 0 spiro atoms. The second-order valence-electron chi connectivity index (χ2n) is 7.81. The topological polar surface area (TPSA) is 41.3 Å². The van der Waals surface area contributed by atoms with E-state index in [1.807, 2.05) is 17.7 Å². The highest BCUT2D eigenvalue weighted by molar-refractivity contribution is 5.63. The third kappa shape index (κ3) is 4.32. The molecule has 5 heteroatoms. The zero-order chi connectivity index (χ0) is 19.6. The van der Waals surface area contributed by atoms with Crippen molar-refractivity contribution < 1.29 is 9.50 Å². The maximum atomic E-state index is 13.1. The van der Waals surface area contributed by atoms with E-state index in [9.17, 15) is 9.50 Å². The lowest BCUT2D eigenvalue weighted by atomic mass is 9.91. The van der Waals surface area contributed by atoms with Crippen molar-refractivity contribution in [3.8, 4) is 11.1 Å². The van der Waals surface area contributed by atoms with Gasteiger partial charge in [-0.3, -0.25) is 4.90 Å². The number of aliphatic hydroxyl groups is 1. The van der Waals surface area contributed by atoms with Crippen LogP contribution in [0.5, 0.6) is 0 Å². The van der Waals surface area contributed by atoms with Crippen molar-refractivity contribution in [3.05, 3.63) is 78.1 Å². The number of halogens is 1. The molecule has 0 aliphatic carbocycles. The second kappa shape index (κ2) is 7.86. The highest BCUT2D eigenvalue weighted by Gasteiger charge is 2.32. The smallest absolute Gasteiger partial charge is 0.123 e. The molecule has 1 N–H and O–H groups in total. The van der Waals surface area contributed by atoms with Crippen LogP contribution in [0.15, 0.2) is 60.9 Å². The summed E-state index contributed by atoms with van der Waals surface area (Å²) in [6.07, 6.45) is 5.24. The van der Waals surface area contributed by atoms with Gasteiger partial charge in [0.15, 0.2) is 0 Å². The summed E-state index contributed by atoms with van der Waals surface area (Å²) in [5.41, 5.74) is 2.70. The van der Waals surface area contributed by atoms with Crippen LogP contribution >= 0.6 is 0 Å². The molecule has 1 aliphatic rings. The molecule has 1 saturated heterocycles. The minimum absolute atomic E-state index is 0.214. The Bertz CT molecular complexity index is 910. The van der Waals surface area contributed by atoms with E-state index in [1.54, 1.807) is 18.3 Å². The minimum Gasteiger partial charge on any atom is -0.388 e. The minimum atomic E-state index is -0.658. The summed E-state index contributed by atoms with van der Waals surface area (Å²) in [7, 11) is 0. The number of likely N-dealkylation sites (tertiary alicyclic amines) is 1. The molecule has 28 heavy (non-hydrogen) atoms. The first kappa shape index (κ1) is 18.8. The number of aromatic nitrogens is 2. The first-order chi connectivity index (χ1) is 13.5. The molecule has 1 fully saturated rings. The van der Waals surface area contributed by atoms with Crippen molar-refractivity contribution in [1.29, 1.82) is 0 Å². The molecule has 0 radical (unpaired) electrons. The van der Waals surface area contributed by atoms with Crippen molar-refractivity contribution in [1.82, 2.24) is 14.5 Å². The fraction of sp³-hybridized carbons (Fsp3) is 0.348. The number of rotatable bonds is 5. The first-order valence-corrected chi connectivity index (χ1v) is 9.78. The molecular formula is C23H26FN3O. The Morgan fingerprint density at radius 2 is 1.61 bits per heavy atom. The number of benzene rings is 2. The van der Waals surface area contributed by atoms with Crippen LogP contribution in [-0.2, 0) is 13.1 Å². The molecular weight excluding hydrogens is 353 g/mol. The lowest BCUT2D eigenvalue weighted by Crippen LogP contribution is -2.46. The van der Waals surface area contributed by atoms with Crippen LogP contribution in [0.3, 0.4) is 0 Å². The van der Waals surface area contributed by atoms with Crippen molar-refractivity contribution >= 4 is 0 Å². The van der Waals surface area contributed by atoms with Gasteiger partial charge in [0.2, 0.25) is 0 Å². The predicted molar refractivity (Wildman–Crippen MR) is 108 cm³/mol. The Kier molecular flexibility index (Phi) is 5.29. The normalized spacial score (nSPS) is 17.0. The van der Waals surface area contributed by atoms with Crippen LogP contribution in [0.25, 0.3) is 11.1 Å². The van der Waals surface area contributed by atoms with Crippen molar-refractivity contribution in [2.45, 2.75) is 38.5 Å². The molecule has 1 aliphatic heterocycles. The van der Waals surface area contributed by atoms with Gasteiger partial charge in [-0.1, -0.05) is 36.4 Å². The molecule has 0 unspecified atom stereocenters. The number of aryl methyl sites for hydroxylation is 1. The monoisotopic (exact) mass is 379 g/mol. The Morgan fingerprint density at radius 3 is 2.18 bits per heavy atom. The fourth-order valence-electron chi connectivity index (χ4n) is 3.88. The molecule has 0 amide bonds. The van der Waals surface area contributed by atoms with Gasteiger partial charge in [-0.2, -0.15) is 0 Å². The van der Waals surface area contributed by atoms with Crippen LogP contribution < -0.4 is 0 Å². The molecule has 3 aromatic rings. The van der Waals surface area contributed by atoms with Crippen molar-refractivity contribution in [2.75, 3.05) is 13.1 Å². The molecule has 0 bridgehead atoms. The third-order valence-corrected chi connectivity index (χ3v) is 5.71. The zero-order valence-electron chi connectivity index (χ0n) is 16.2. The Balaban J connectivity index is 1.33. The van der Waals surface area contributed by atoms with Gasteiger partial charge in [-0.15, -0.1) is 0 Å². The average Bonchev–Trinajstić information content (AvgIpc) is 3.09. The van der Waals surface area contributed by atoms with Gasteiger partial charge < -0.3 is 9.67 Å². The largest absolute Gasteiger partial charge is 0.388 e. The van der Waals surface area contributed by atoms with E-state index in [4.69, 9.17) is 0 Å². The van der Waals surface area contributed by atoms with Crippen molar-refractivity contribution in [2.24, 2.45) is 0 Å². The molecule has 4 rings (SSSR count). The molecule has 1 aromatic heterocycles. The van der Waals surface area contributed by atoms with E-state index in [0.717, 1.165) is 49.4 Å². The summed E-state index contributed by atoms with van der Waals surface area (Å²) < 4.78 is 15.1. The van der Waals surface area contributed by atoms with Gasteiger partial charge >= 0.3 is 0 Å². The lowest BCUT2D eigenvalue weighted by molar-refractivity contribution is -0.0361. The third-order valence-electron chi connectivity index (χ3n) is 5.71. The molecule has 2 aromatic carbocycles. The summed E-state index contributed by atoms with van der Waals surface area (Å²) in [6.45, 7) is 5.21. The Labute approximate surface area is 165 Å². The number of hydrogen-bond acceptors (Lipinski definition) is 3. The summed E-state index contributed by atoms with van der Waals surface area (Å²) >= 11 is 0. The number of piperidine rings is 1. The van der Waals surface area contributed by atoms with E-state index in [1.165, 1.54) is 17.7 Å². The number of nitrogens with zero attached hydrogens (tertiary/aromatic N) is 3. The van der Waals surface area contributed by atoms with Gasteiger partial charge in [-0.25, -0.2) is 9.37 Å². The van der Waals surface area contributed by atoms with Gasteiger partial charge in [-0.05, 0) is 48.6 Å². The van der Waals surface area contributed by atoms with E-state index >= 15 is 0 Å². The Hall–Kier alpha value is -2.50. The quantitative estimate of drug-likeness (QED) is 0.728. The zero-order valence-corrected chi connectivity index (χ0v) is 16.2. The summed E-state index contributed by atoms with van der Waals surface area (Å²) in [5, 5.41) is 10.9.